The van der Waals surface area contributed by atoms with Crippen molar-refractivity contribution in [2.24, 2.45) is 0 Å². The number of thioether (sulfide) groups is 1. The van der Waals surface area contributed by atoms with Gasteiger partial charge in [0.15, 0.2) is 11.0 Å². The molecule has 2 amide bonds. The van der Waals surface area contributed by atoms with Gasteiger partial charge in [0.2, 0.25) is 5.91 Å². The van der Waals surface area contributed by atoms with E-state index in [-0.39, 0.29) is 24.1 Å². The van der Waals surface area contributed by atoms with E-state index in [4.69, 9.17) is 11.6 Å². The third kappa shape index (κ3) is 5.71. The third-order valence-electron chi connectivity index (χ3n) is 4.02. The topological polar surface area (TPSA) is 88.9 Å². The first-order valence-corrected chi connectivity index (χ1v) is 10.5. The second-order valence-corrected chi connectivity index (χ2v) is 7.51. The van der Waals surface area contributed by atoms with Gasteiger partial charge in [-0.1, -0.05) is 59.8 Å². The highest BCUT2D eigenvalue weighted by atomic mass is 35.5. The van der Waals surface area contributed by atoms with Crippen molar-refractivity contribution in [2.45, 2.75) is 18.2 Å². The molecule has 0 fully saturated rings. The van der Waals surface area contributed by atoms with Crippen molar-refractivity contribution in [1.29, 1.82) is 0 Å². The number of aromatic nitrogens is 3. The van der Waals surface area contributed by atoms with Gasteiger partial charge in [0, 0.05) is 12.2 Å². The zero-order valence-electron chi connectivity index (χ0n) is 16.0. The van der Waals surface area contributed by atoms with Gasteiger partial charge < -0.3 is 15.2 Å². The number of anilines is 1. The van der Waals surface area contributed by atoms with Gasteiger partial charge in [0.05, 0.1) is 22.9 Å². The summed E-state index contributed by atoms with van der Waals surface area (Å²) in [4.78, 5) is 24.6. The number of rotatable bonds is 9. The van der Waals surface area contributed by atoms with Crippen molar-refractivity contribution in [3.8, 4) is 0 Å². The Bertz CT molecular complexity index is 1040. The third-order valence-corrected chi connectivity index (χ3v) is 5.32. The Kier molecular flexibility index (Phi) is 7.64. The molecule has 7 nitrogen and oxygen atoms in total. The van der Waals surface area contributed by atoms with E-state index in [2.05, 4.69) is 27.4 Å². The van der Waals surface area contributed by atoms with E-state index >= 15 is 0 Å². The van der Waals surface area contributed by atoms with Gasteiger partial charge in [-0.25, -0.2) is 0 Å². The summed E-state index contributed by atoms with van der Waals surface area (Å²) in [6.45, 7) is 4.37. The Morgan fingerprint density at radius 1 is 1.10 bits per heavy atom. The molecule has 0 radical (unpaired) electrons. The monoisotopic (exact) mass is 441 g/mol. The Morgan fingerprint density at radius 2 is 1.83 bits per heavy atom. The highest BCUT2D eigenvalue weighted by molar-refractivity contribution is 7.99. The summed E-state index contributed by atoms with van der Waals surface area (Å²) in [5.74, 6) is 0.287. The lowest BCUT2D eigenvalue weighted by atomic mass is 10.2. The number of benzene rings is 2. The van der Waals surface area contributed by atoms with Gasteiger partial charge in [-0.2, -0.15) is 0 Å². The van der Waals surface area contributed by atoms with Crippen LogP contribution in [0.5, 0.6) is 0 Å². The average molecular weight is 442 g/mol. The van der Waals surface area contributed by atoms with Gasteiger partial charge in [0.25, 0.3) is 5.91 Å². The molecule has 0 aliphatic rings. The molecule has 154 valence electrons. The quantitative estimate of drug-likeness (QED) is 0.389. The van der Waals surface area contributed by atoms with Crippen LogP contribution >= 0.6 is 23.4 Å². The molecule has 2 aromatic carbocycles. The largest absolute Gasteiger partial charge is 0.345 e. The lowest BCUT2D eigenvalue weighted by Gasteiger charge is -2.09. The molecule has 3 aromatic rings. The minimum Gasteiger partial charge on any atom is -0.345 e. The standard InChI is InChI=1S/C21H20ClN5O2S/c1-2-12-27-18(13-23-20(29)16-10-6-7-11-17(16)22)25-26-21(27)30-14-19(28)24-15-8-4-3-5-9-15/h2-11H,1,12-14H2,(H,23,29)(H,24,28). The minimum absolute atomic E-state index is 0.145. The number of hydrogen-bond acceptors (Lipinski definition) is 5. The molecule has 0 aliphatic heterocycles. The van der Waals surface area contributed by atoms with Crippen LogP contribution in [0.25, 0.3) is 0 Å². The fraction of sp³-hybridized carbons (Fsp3) is 0.143. The zero-order valence-corrected chi connectivity index (χ0v) is 17.6. The fourth-order valence-corrected chi connectivity index (χ4v) is 3.61. The van der Waals surface area contributed by atoms with Crippen molar-refractivity contribution in [3.63, 3.8) is 0 Å². The van der Waals surface area contributed by atoms with Crippen molar-refractivity contribution < 1.29 is 9.59 Å². The van der Waals surface area contributed by atoms with Crippen molar-refractivity contribution >= 4 is 40.9 Å². The van der Waals surface area contributed by atoms with E-state index in [1.165, 1.54) is 11.8 Å². The number of nitrogens with one attached hydrogen (secondary N) is 2. The summed E-state index contributed by atoms with van der Waals surface area (Å²) >= 11 is 7.33. The Morgan fingerprint density at radius 3 is 2.57 bits per heavy atom. The van der Waals surface area contributed by atoms with Gasteiger partial charge in [-0.15, -0.1) is 16.8 Å². The van der Waals surface area contributed by atoms with E-state index in [9.17, 15) is 9.59 Å². The van der Waals surface area contributed by atoms with E-state index in [0.717, 1.165) is 5.69 Å². The van der Waals surface area contributed by atoms with Crippen LogP contribution in [0.3, 0.4) is 0 Å². The maximum atomic E-state index is 12.4. The summed E-state index contributed by atoms with van der Waals surface area (Å²) < 4.78 is 1.81. The molecule has 0 aliphatic carbocycles. The van der Waals surface area contributed by atoms with Crippen LogP contribution in [0.4, 0.5) is 5.69 Å². The lowest BCUT2D eigenvalue weighted by molar-refractivity contribution is -0.113. The smallest absolute Gasteiger partial charge is 0.253 e. The fourth-order valence-electron chi connectivity index (χ4n) is 2.62. The van der Waals surface area contributed by atoms with Gasteiger partial charge >= 0.3 is 0 Å². The molecule has 3 rings (SSSR count). The van der Waals surface area contributed by atoms with E-state index in [1.54, 1.807) is 34.9 Å². The van der Waals surface area contributed by atoms with E-state index < -0.39 is 0 Å². The van der Waals surface area contributed by atoms with Crippen molar-refractivity contribution in [1.82, 2.24) is 20.1 Å². The molecule has 1 heterocycles. The molecular formula is C21H20ClN5O2S. The summed E-state index contributed by atoms with van der Waals surface area (Å²) in [6, 6.07) is 16.1. The second kappa shape index (κ2) is 10.6. The average Bonchev–Trinajstić information content (AvgIpc) is 3.13. The molecule has 1 aromatic heterocycles. The van der Waals surface area contributed by atoms with Crippen LogP contribution in [0.2, 0.25) is 5.02 Å². The Hall–Kier alpha value is -3.10. The molecule has 0 unspecified atom stereocenters. The molecular weight excluding hydrogens is 422 g/mol. The zero-order chi connectivity index (χ0) is 21.3. The number of nitrogens with zero attached hydrogens (tertiary/aromatic N) is 3. The SMILES string of the molecule is C=CCn1c(CNC(=O)c2ccccc2Cl)nnc1SCC(=O)Nc1ccccc1. The number of carbonyl (C=O) groups is 2. The second-order valence-electron chi connectivity index (χ2n) is 6.16. The number of para-hydroxylation sites is 1. The summed E-state index contributed by atoms with van der Waals surface area (Å²) in [5.41, 5.74) is 1.12. The van der Waals surface area contributed by atoms with Crippen LogP contribution in [0.1, 0.15) is 16.2 Å². The van der Waals surface area contributed by atoms with Crippen LogP contribution in [-0.2, 0) is 17.9 Å². The Labute approximate surface area is 183 Å². The summed E-state index contributed by atoms with van der Waals surface area (Å²) in [7, 11) is 0. The first-order valence-electron chi connectivity index (χ1n) is 9.12. The summed E-state index contributed by atoms with van der Waals surface area (Å²) in [5, 5.41) is 14.9. The van der Waals surface area contributed by atoms with Gasteiger partial charge in [-0.3, -0.25) is 9.59 Å². The number of halogens is 1. The predicted molar refractivity (Wildman–Crippen MR) is 119 cm³/mol. The molecule has 2 N–H and O–H groups in total. The Balaban J connectivity index is 1.61. The van der Waals surface area contributed by atoms with E-state index in [1.807, 2.05) is 30.3 Å². The van der Waals surface area contributed by atoms with Crippen molar-refractivity contribution in [3.05, 3.63) is 83.7 Å². The molecule has 0 saturated carbocycles. The van der Waals surface area contributed by atoms with Crippen LogP contribution in [-0.4, -0.2) is 32.3 Å². The first kappa shape index (κ1) is 21.6. The van der Waals surface area contributed by atoms with Crippen molar-refractivity contribution in [2.75, 3.05) is 11.1 Å². The van der Waals surface area contributed by atoms with Crippen LogP contribution < -0.4 is 10.6 Å². The first-order chi connectivity index (χ1) is 14.6. The molecule has 9 heteroatoms. The molecule has 30 heavy (non-hydrogen) atoms. The minimum atomic E-state index is -0.301. The number of allylic oxidation sites excluding steroid dienone is 1. The van der Waals surface area contributed by atoms with E-state index in [0.29, 0.717) is 28.1 Å². The highest BCUT2D eigenvalue weighted by Gasteiger charge is 2.15. The predicted octanol–water partition coefficient (Wildman–Crippen LogP) is 3.78. The number of hydrogen-bond donors (Lipinski definition) is 2. The molecule has 0 bridgehead atoms. The maximum absolute atomic E-state index is 12.4. The normalized spacial score (nSPS) is 10.4. The number of carbonyl (C=O) groups excluding carboxylic acids is 2. The lowest BCUT2D eigenvalue weighted by Crippen LogP contribution is -2.25. The van der Waals surface area contributed by atoms with Crippen LogP contribution in [0, 0.1) is 0 Å². The van der Waals surface area contributed by atoms with Gasteiger partial charge in [-0.05, 0) is 24.3 Å². The molecule has 0 spiro atoms. The highest BCUT2D eigenvalue weighted by Crippen LogP contribution is 2.19. The maximum Gasteiger partial charge on any atom is 0.253 e. The van der Waals surface area contributed by atoms with Crippen LogP contribution in [0.15, 0.2) is 72.4 Å². The van der Waals surface area contributed by atoms with Gasteiger partial charge in [0.1, 0.15) is 0 Å². The number of amides is 2. The molecule has 0 saturated heterocycles. The summed E-state index contributed by atoms with van der Waals surface area (Å²) in [6.07, 6.45) is 1.71. The molecule has 0 atom stereocenters.